The van der Waals surface area contributed by atoms with E-state index in [1.807, 2.05) is 31.1 Å². The van der Waals surface area contributed by atoms with E-state index < -0.39 is 10.9 Å². The van der Waals surface area contributed by atoms with Gasteiger partial charge in [0.15, 0.2) is 0 Å². The molecule has 204 valence electrons. The van der Waals surface area contributed by atoms with Crippen LogP contribution in [0.2, 0.25) is 0 Å². The molecule has 13 heteroatoms. The number of benzene rings is 1. The number of likely N-dealkylation sites (N-methyl/N-ethyl adjacent to an activating group) is 1. The van der Waals surface area contributed by atoms with Gasteiger partial charge in [0, 0.05) is 42.8 Å². The number of nitrogen functional groups attached to an aromatic ring is 1. The van der Waals surface area contributed by atoms with Crippen LogP contribution in [-0.2, 0) is 4.74 Å². The van der Waals surface area contributed by atoms with Gasteiger partial charge in [0.25, 0.3) is 0 Å². The van der Waals surface area contributed by atoms with Crippen LogP contribution in [0.5, 0.6) is 0 Å². The van der Waals surface area contributed by atoms with Gasteiger partial charge < -0.3 is 25.7 Å². The summed E-state index contributed by atoms with van der Waals surface area (Å²) in [5, 5.41) is 23.5. The van der Waals surface area contributed by atoms with E-state index in [0.29, 0.717) is 29.1 Å². The lowest BCUT2D eigenvalue weighted by Crippen LogP contribution is -2.21. The van der Waals surface area contributed by atoms with Crippen LogP contribution in [0.25, 0.3) is 11.3 Å². The van der Waals surface area contributed by atoms with Crippen molar-refractivity contribution < 1.29 is 14.5 Å². The Kier molecular flexibility index (Phi) is 8.62. The standard InChI is InChI=1S/C27H27N9O4/c1-35(2)12-13-40-26(37)20-16-32-27(34-24(20)18-7-5-17(14-28)6-8-18)31-15-19(21-4-3-11-30-21)22-9-10-23(36(38)39)25(29)33-22/h3-11,16,19,30H,12-13,15H2,1-2H3,(H2,29,33)(H,31,32,34). The Bertz CT molecular complexity index is 1530. The Morgan fingerprint density at radius 2 is 2.00 bits per heavy atom. The van der Waals surface area contributed by atoms with Gasteiger partial charge in [0.05, 0.1) is 33.9 Å². The molecule has 4 N–H and O–H groups in total. The first-order valence-corrected chi connectivity index (χ1v) is 12.2. The first kappa shape index (κ1) is 27.7. The second-order valence-electron chi connectivity index (χ2n) is 9.04. The number of carbonyl (C=O) groups excluding carboxylic acids is 1. The lowest BCUT2D eigenvalue weighted by molar-refractivity contribution is -0.384. The molecular weight excluding hydrogens is 514 g/mol. The number of nitrogens with zero attached hydrogens (tertiary/aromatic N) is 6. The van der Waals surface area contributed by atoms with Crippen LogP contribution in [0.1, 0.15) is 33.2 Å². The summed E-state index contributed by atoms with van der Waals surface area (Å²) in [6.45, 7) is 1.01. The number of nitro groups is 1. The van der Waals surface area contributed by atoms with E-state index >= 15 is 0 Å². The van der Waals surface area contributed by atoms with Crippen molar-refractivity contribution in [2.45, 2.75) is 5.92 Å². The molecule has 0 fully saturated rings. The third-order valence-corrected chi connectivity index (χ3v) is 6.01. The Morgan fingerprint density at radius 1 is 1.23 bits per heavy atom. The first-order chi connectivity index (χ1) is 19.3. The lowest BCUT2D eigenvalue weighted by atomic mass is 10.0. The molecule has 0 radical (unpaired) electrons. The summed E-state index contributed by atoms with van der Waals surface area (Å²) in [6, 6.07) is 15.3. The summed E-state index contributed by atoms with van der Waals surface area (Å²) >= 11 is 0. The van der Waals surface area contributed by atoms with E-state index in [0.717, 1.165) is 5.69 Å². The van der Waals surface area contributed by atoms with Crippen LogP contribution in [0.15, 0.2) is 60.9 Å². The van der Waals surface area contributed by atoms with Crippen LogP contribution >= 0.6 is 0 Å². The molecule has 4 rings (SSSR count). The number of rotatable bonds is 11. The zero-order valence-corrected chi connectivity index (χ0v) is 21.9. The molecule has 4 aromatic rings. The first-order valence-electron chi connectivity index (χ1n) is 12.2. The lowest BCUT2D eigenvalue weighted by Gasteiger charge is -2.17. The number of hydrogen-bond donors (Lipinski definition) is 3. The molecule has 0 aliphatic carbocycles. The van der Waals surface area contributed by atoms with E-state index in [-0.39, 0.29) is 42.1 Å². The maximum absolute atomic E-state index is 12.9. The fraction of sp³-hybridized carbons (Fsp3) is 0.222. The molecule has 3 aromatic heterocycles. The van der Waals surface area contributed by atoms with Crippen molar-refractivity contribution in [1.29, 1.82) is 5.26 Å². The average Bonchev–Trinajstić information content (AvgIpc) is 3.47. The molecule has 0 aliphatic rings. The monoisotopic (exact) mass is 541 g/mol. The van der Waals surface area contributed by atoms with Crippen molar-refractivity contribution >= 4 is 23.4 Å². The minimum atomic E-state index is -0.584. The van der Waals surface area contributed by atoms with Crippen LogP contribution in [0.3, 0.4) is 0 Å². The summed E-state index contributed by atoms with van der Waals surface area (Å²) in [6.07, 6.45) is 3.15. The van der Waals surface area contributed by atoms with Crippen LogP contribution in [0.4, 0.5) is 17.5 Å². The van der Waals surface area contributed by atoms with Crippen LogP contribution in [0, 0.1) is 21.4 Å². The maximum atomic E-state index is 12.9. The molecule has 3 heterocycles. The number of esters is 1. The van der Waals surface area contributed by atoms with E-state index in [2.05, 4.69) is 31.3 Å². The van der Waals surface area contributed by atoms with Crippen molar-refractivity contribution in [3.05, 3.63) is 93.6 Å². The SMILES string of the molecule is CN(C)CCOC(=O)c1cnc(NCC(c2ccc([N+](=O)[O-])c(N)n2)c2ccc[nH]2)nc1-c1ccc(C#N)cc1. The number of H-pyrrole nitrogens is 1. The smallest absolute Gasteiger partial charge is 0.341 e. The minimum absolute atomic E-state index is 0.180. The zero-order valence-electron chi connectivity index (χ0n) is 21.9. The van der Waals surface area contributed by atoms with Gasteiger partial charge in [-0.25, -0.2) is 19.7 Å². The highest BCUT2D eigenvalue weighted by atomic mass is 16.6. The number of aromatic nitrogens is 4. The number of nitriles is 1. The molecular formula is C27H27N9O4. The molecule has 0 amide bonds. The molecule has 0 bridgehead atoms. The van der Waals surface area contributed by atoms with Gasteiger partial charge in [0.1, 0.15) is 12.2 Å². The average molecular weight is 542 g/mol. The minimum Gasteiger partial charge on any atom is -0.461 e. The van der Waals surface area contributed by atoms with Gasteiger partial charge in [-0.05, 0) is 44.4 Å². The molecule has 40 heavy (non-hydrogen) atoms. The van der Waals surface area contributed by atoms with Gasteiger partial charge in [-0.3, -0.25) is 10.1 Å². The predicted octanol–water partition coefficient (Wildman–Crippen LogP) is 3.19. The Labute approximate surface area is 229 Å². The Morgan fingerprint density at radius 3 is 2.62 bits per heavy atom. The number of hydrogen-bond acceptors (Lipinski definition) is 11. The number of ether oxygens (including phenoxy) is 1. The Balaban J connectivity index is 1.63. The van der Waals surface area contributed by atoms with E-state index in [9.17, 15) is 14.9 Å². The highest BCUT2D eigenvalue weighted by Crippen LogP contribution is 2.28. The molecule has 0 saturated heterocycles. The number of nitrogens with two attached hydrogens (primary N) is 1. The summed E-state index contributed by atoms with van der Waals surface area (Å²) in [7, 11) is 3.75. The molecule has 0 saturated carbocycles. The van der Waals surface area contributed by atoms with Crippen molar-refractivity contribution in [1.82, 2.24) is 24.8 Å². The van der Waals surface area contributed by atoms with Gasteiger partial charge in [-0.2, -0.15) is 5.26 Å². The van der Waals surface area contributed by atoms with Crippen molar-refractivity contribution in [2.75, 3.05) is 44.8 Å². The van der Waals surface area contributed by atoms with Crippen LogP contribution < -0.4 is 11.1 Å². The number of anilines is 2. The zero-order chi connectivity index (χ0) is 28.6. The normalized spacial score (nSPS) is 11.6. The largest absolute Gasteiger partial charge is 0.461 e. The van der Waals surface area contributed by atoms with Crippen molar-refractivity contribution in [3.8, 4) is 17.3 Å². The van der Waals surface area contributed by atoms with Crippen LogP contribution in [-0.4, -0.2) is 69.5 Å². The second kappa shape index (κ2) is 12.5. The number of carbonyl (C=O) groups is 1. The highest BCUT2D eigenvalue weighted by molar-refractivity contribution is 5.96. The second-order valence-corrected chi connectivity index (χ2v) is 9.04. The van der Waals surface area contributed by atoms with Crippen molar-refractivity contribution in [2.24, 2.45) is 0 Å². The fourth-order valence-corrected chi connectivity index (χ4v) is 3.90. The van der Waals surface area contributed by atoms with E-state index in [1.54, 1.807) is 36.5 Å². The van der Waals surface area contributed by atoms with E-state index in [1.165, 1.54) is 12.3 Å². The number of aromatic amines is 1. The topological polar surface area (TPSA) is 189 Å². The summed E-state index contributed by atoms with van der Waals surface area (Å²) < 4.78 is 5.42. The van der Waals surface area contributed by atoms with Gasteiger partial charge >= 0.3 is 11.7 Å². The van der Waals surface area contributed by atoms with Crippen molar-refractivity contribution in [3.63, 3.8) is 0 Å². The fourth-order valence-electron chi connectivity index (χ4n) is 3.90. The number of nitrogens with one attached hydrogen (secondary N) is 2. The van der Waals surface area contributed by atoms with Gasteiger partial charge in [-0.1, -0.05) is 12.1 Å². The molecule has 1 atom stereocenters. The molecule has 13 nitrogen and oxygen atoms in total. The predicted molar refractivity (Wildman–Crippen MR) is 147 cm³/mol. The van der Waals surface area contributed by atoms with Gasteiger partial charge in [0.2, 0.25) is 11.8 Å². The summed E-state index contributed by atoms with van der Waals surface area (Å²) in [4.78, 5) is 41.8. The quantitative estimate of drug-likeness (QED) is 0.144. The molecule has 1 unspecified atom stereocenters. The van der Waals surface area contributed by atoms with E-state index in [4.69, 9.17) is 15.7 Å². The molecule has 0 aliphatic heterocycles. The third-order valence-electron chi connectivity index (χ3n) is 6.01. The third kappa shape index (κ3) is 6.55. The highest BCUT2D eigenvalue weighted by Gasteiger charge is 2.22. The number of pyridine rings is 1. The summed E-state index contributed by atoms with van der Waals surface area (Å²) in [5.41, 5.74) is 8.47. The molecule has 0 spiro atoms. The maximum Gasteiger partial charge on any atom is 0.341 e. The Hall–Kier alpha value is -5.35. The molecule has 1 aromatic carbocycles. The van der Waals surface area contributed by atoms with Gasteiger partial charge in [-0.15, -0.1) is 0 Å². The summed E-state index contributed by atoms with van der Waals surface area (Å²) in [5.74, 6) is -0.899.